The van der Waals surface area contributed by atoms with Crippen LogP contribution in [0.15, 0.2) is 0 Å². The fourth-order valence-electron chi connectivity index (χ4n) is 1.83. The van der Waals surface area contributed by atoms with Crippen LogP contribution in [0.25, 0.3) is 0 Å². The maximum Gasteiger partial charge on any atom is 0.00965 e. The fraction of sp³-hybridized carbons (Fsp3) is 1.00. The van der Waals surface area contributed by atoms with Crippen LogP contribution in [0.1, 0.15) is 19.3 Å². The Hall–Kier alpha value is -0.0800. The minimum atomic E-state index is 0.806. The van der Waals surface area contributed by atoms with E-state index in [0.29, 0.717) is 0 Å². The first-order chi connectivity index (χ1) is 4.90. The summed E-state index contributed by atoms with van der Waals surface area (Å²) in [4.78, 5) is 2.61. The number of rotatable bonds is 2. The first-order valence-corrected chi connectivity index (χ1v) is 4.34. The van der Waals surface area contributed by atoms with Gasteiger partial charge in [-0.25, -0.2) is 0 Å². The second-order valence-corrected chi connectivity index (χ2v) is 3.62. The van der Waals surface area contributed by atoms with Crippen molar-refractivity contribution in [1.82, 2.24) is 4.90 Å². The lowest BCUT2D eigenvalue weighted by atomic mass is 10.1. The molecule has 2 rings (SSSR count). The summed E-state index contributed by atoms with van der Waals surface area (Å²) >= 11 is 0. The van der Waals surface area contributed by atoms with Crippen molar-refractivity contribution in [1.29, 1.82) is 0 Å². The van der Waals surface area contributed by atoms with E-state index in [-0.39, 0.29) is 0 Å². The molecule has 1 atom stereocenters. The third-order valence-corrected chi connectivity index (χ3v) is 2.71. The fourth-order valence-corrected chi connectivity index (χ4v) is 1.83. The normalized spacial score (nSPS) is 35.1. The Balaban J connectivity index is 1.81. The Morgan fingerprint density at radius 1 is 1.30 bits per heavy atom. The molecule has 0 unspecified atom stereocenters. The molecule has 1 saturated heterocycles. The summed E-state index contributed by atoms with van der Waals surface area (Å²) in [5, 5.41) is 0. The van der Waals surface area contributed by atoms with E-state index in [0.717, 1.165) is 18.5 Å². The lowest BCUT2D eigenvalue weighted by Crippen LogP contribution is -2.24. The zero-order chi connectivity index (χ0) is 6.97. The predicted octanol–water partition coefficient (Wildman–Crippen LogP) is 0.429. The zero-order valence-electron chi connectivity index (χ0n) is 6.42. The summed E-state index contributed by atoms with van der Waals surface area (Å²) in [5.41, 5.74) is 5.59. The first-order valence-electron chi connectivity index (χ1n) is 4.34. The summed E-state index contributed by atoms with van der Waals surface area (Å²) in [7, 11) is 0. The lowest BCUT2D eigenvalue weighted by molar-refractivity contribution is 0.315. The van der Waals surface area contributed by atoms with Gasteiger partial charge in [-0.2, -0.15) is 0 Å². The number of likely N-dealkylation sites (tertiary alicyclic amines) is 1. The summed E-state index contributed by atoms with van der Waals surface area (Å²) < 4.78 is 0. The highest BCUT2D eigenvalue weighted by Gasteiger charge is 2.33. The maximum absolute atomic E-state index is 5.59. The van der Waals surface area contributed by atoms with E-state index in [4.69, 9.17) is 5.73 Å². The standard InChI is InChI=1S/C8H16N2/c9-5-7-3-4-10(6-7)8-1-2-8/h7-8H,1-6,9H2/t7-/m0/s1. The minimum absolute atomic E-state index is 0.806. The monoisotopic (exact) mass is 140 g/mol. The van der Waals surface area contributed by atoms with E-state index in [9.17, 15) is 0 Å². The van der Waals surface area contributed by atoms with Crippen molar-refractivity contribution >= 4 is 0 Å². The average Bonchev–Trinajstić information content (AvgIpc) is 2.70. The molecule has 2 N–H and O–H groups in total. The number of hydrogen-bond acceptors (Lipinski definition) is 2. The Morgan fingerprint density at radius 2 is 2.10 bits per heavy atom. The van der Waals surface area contributed by atoms with Gasteiger partial charge < -0.3 is 10.6 Å². The molecule has 2 nitrogen and oxygen atoms in total. The Kier molecular flexibility index (Phi) is 1.66. The quantitative estimate of drug-likeness (QED) is 0.602. The molecule has 2 heteroatoms. The van der Waals surface area contributed by atoms with Gasteiger partial charge in [-0.05, 0) is 38.3 Å². The molecule has 0 bridgehead atoms. The third-order valence-electron chi connectivity index (χ3n) is 2.71. The highest BCUT2D eigenvalue weighted by molar-refractivity contribution is 4.89. The molecule has 0 aromatic rings. The van der Waals surface area contributed by atoms with Crippen molar-refractivity contribution in [3.63, 3.8) is 0 Å². The largest absolute Gasteiger partial charge is 0.330 e. The summed E-state index contributed by atoms with van der Waals surface area (Å²) in [6.45, 7) is 3.48. The minimum Gasteiger partial charge on any atom is -0.330 e. The molecule has 2 fully saturated rings. The van der Waals surface area contributed by atoms with Gasteiger partial charge >= 0.3 is 0 Å². The average molecular weight is 140 g/mol. The SMILES string of the molecule is NC[C@@H]1CCN(C2CC2)C1. The molecular formula is C8H16N2. The first kappa shape index (κ1) is 6.62. The van der Waals surface area contributed by atoms with Crippen LogP contribution < -0.4 is 5.73 Å². The van der Waals surface area contributed by atoms with Gasteiger partial charge in [0.15, 0.2) is 0 Å². The topological polar surface area (TPSA) is 29.3 Å². The molecule has 0 aromatic heterocycles. The van der Waals surface area contributed by atoms with Crippen molar-refractivity contribution in [2.75, 3.05) is 19.6 Å². The zero-order valence-corrected chi connectivity index (χ0v) is 6.42. The summed E-state index contributed by atoms with van der Waals surface area (Å²) in [5.74, 6) is 0.806. The predicted molar refractivity (Wildman–Crippen MR) is 41.8 cm³/mol. The number of nitrogens with two attached hydrogens (primary N) is 1. The van der Waals surface area contributed by atoms with Crippen LogP contribution in [-0.2, 0) is 0 Å². The van der Waals surface area contributed by atoms with Crippen LogP contribution in [0, 0.1) is 5.92 Å². The highest BCUT2D eigenvalue weighted by Crippen LogP contribution is 2.31. The van der Waals surface area contributed by atoms with Gasteiger partial charge in [0, 0.05) is 12.6 Å². The molecule has 58 valence electrons. The van der Waals surface area contributed by atoms with Crippen molar-refractivity contribution < 1.29 is 0 Å². The number of hydrogen-bond donors (Lipinski definition) is 1. The van der Waals surface area contributed by atoms with E-state index in [1.165, 1.54) is 32.4 Å². The second kappa shape index (κ2) is 2.51. The van der Waals surface area contributed by atoms with E-state index >= 15 is 0 Å². The van der Waals surface area contributed by atoms with Gasteiger partial charge in [-0.1, -0.05) is 0 Å². The Bertz CT molecular complexity index is 120. The van der Waals surface area contributed by atoms with Crippen LogP contribution in [0.3, 0.4) is 0 Å². The molecule has 0 spiro atoms. The van der Waals surface area contributed by atoms with Gasteiger partial charge in [-0.15, -0.1) is 0 Å². The number of nitrogens with zero attached hydrogens (tertiary/aromatic N) is 1. The molecule has 1 heterocycles. The van der Waals surface area contributed by atoms with Crippen LogP contribution in [0.5, 0.6) is 0 Å². The van der Waals surface area contributed by atoms with E-state index in [1.54, 1.807) is 0 Å². The smallest absolute Gasteiger partial charge is 0.00965 e. The molecule has 1 aliphatic carbocycles. The van der Waals surface area contributed by atoms with Crippen LogP contribution >= 0.6 is 0 Å². The van der Waals surface area contributed by atoms with Crippen molar-refractivity contribution in [3.8, 4) is 0 Å². The second-order valence-electron chi connectivity index (χ2n) is 3.62. The van der Waals surface area contributed by atoms with Gasteiger partial charge in [0.2, 0.25) is 0 Å². The van der Waals surface area contributed by atoms with E-state index in [2.05, 4.69) is 4.90 Å². The van der Waals surface area contributed by atoms with Crippen molar-refractivity contribution in [2.45, 2.75) is 25.3 Å². The van der Waals surface area contributed by atoms with E-state index < -0.39 is 0 Å². The Labute approximate surface area is 62.4 Å². The maximum atomic E-state index is 5.59. The summed E-state index contributed by atoms with van der Waals surface area (Å²) in [6, 6.07) is 0.955. The van der Waals surface area contributed by atoms with Crippen LogP contribution in [0.2, 0.25) is 0 Å². The van der Waals surface area contributed by atoms with E-state index in [1.807, 2.05) is 0 Å². The molecule has 1 saturated carbocycles. The third kappa shape index (κ3) is 1.18. The van der Waals surface area contributed by atoms with Gasteiger partial charge in [0.05, 0.1) is 0 Å². The van der Waals surface area contributed by atoms with Crippen LogP contribution in [-0.4, -0.2) is 30.6 Å². The highest BCUT2D eigenvalue weighted by atomic mass is 15.2. The van der Waals surface area contributed by atoms with Crippen molar-refractivity contribution in [3.05, 3.63) is 0 Å². The molecule has 1 aliphatic heterocycles. The lowest BCUT2D eigenvalue weighted by Gasteiger charge is -2.13. The Morgan fingerprint density at radius 3 is 2.60 bits per heavy atom. The van der Waals surface area contributed by atoms with Gasteiger partial charge in [0.25, 0.3) is 0 Å². The molecule has 0 amide bonds. The summed E-state index contributed by atoms with van der Waals surface area (Å²) in [6.07, 6.45) is 4.22. The van der Waals surface area contributed by atoms with Crippen molar-refractivity contribution in [2.24, 2.45) is 11.7 Å². The molecule has 2 aliphatic rings. The van der Waals surface area contributed by atoms with Crippen LogP contribution in [0.4, 0.5) is 0 Å². The molecule has 0 aromatic carbocycles. The van der Waals surface area contributed by atoms with Gasteiger partial charge in [-0.3, -0.25) is 0 Å². The van der Waals surface area contributed by atoms with Gasteiger partial charge in [0.1, 0.15) is 0 Å². The molecular weight excluding hydrogens is 124 g/mol. The molecule has 10 heavy (non-hydrogen) atoms. The molecule has 0 radical (unpaired) electrons.